The van der Waals surface area contributed by atoms with E-state index in [0.29, 0.717) is 13.0 Å². The summed E-state index contributed by atoms with van der Waals surface area (Å²) in [6.45, 7) is 2.24. The van der Waals surface area contributed by atoms with Gasteiger partial charge in [-0.3, -0.25) is 4.79 Å². The lowest BCUT2D eigenvalue weighted by molar-refractivity contribution is 0.0514. The molecule has 1 fully saturated rings. The topological polar surface area (TPSA) is 40.5 Å². The normalized spacial score (nSPS) is 20.8. The zero-order valence-electron chi connectivity index (χ0n) is 11.5. The van der Waals surface area contributed by atoms with Crippen molar-refractivity contribution in [3.05, 3.63) is 35.4 Å². The quantitative estimate of drug-likeness (QED) is 0.926. The highest BCUT2D eigenvalue weighted by atomic mass is 19.1. The maximum absolute atomic E-state index is 13.2. The van der Waals surface area contributed by atoms with Crippen molar-refractivity contribution in [2.75, 3.05) is 6.54 Å². The van der Waals surface area contributed by atoms with Crippen LogP contribution in [0.2, 0.25) is 0 Å². The lowest BCUT2D eigenvalue weighted by atomic mass is 9.96. The van der Waals surface area contributed by atoms with Gasteiger partial charge in [0.15, 0.2) is 0 Å². The number of halogens is 2. The number of carbonyl (C=O) groups excluding carboxylic acids is 1. The minimum absolute atomic E-state index is 0.0278. The molecule has 0 radical (unpaired) electrons. The number of hydrogen-bond donors (Lipinski definition) is 1. The van der Waals surface area contributed by atoms with E-state index >= 15 is 0 Å². The van der Waals surface area contributed by atoms with E-state index in [1.165, 1.54) is 0 Å². The number of carbonyl (C=O) groups is 1. The summed E-state index contributed by atoms with van der Waals surface area (Å²) < 4.78 is 26.4. The van der Waals surface area contributed by atoms with Crippen LogP contribution in [0.25, 0.3) is 0 Å². The van der Waals surface area contributed by atoms with Gasteiger partial charge in [-0.05, 0) is 44.7 Å². The molecule has 1 aromatic rings. The van der Waals surface area contributed by atoms with Crippen LogP contribution in [0.3, 0.4) is 0 Å². The first kappa shape index (κ1) is 14.9. The summed E-state index contributed by atoms with van der Waals surface area (Å²) >= 11 is 0. The van der Waals surface area contributed by atoms with Crippen molar-refractivity contribution in [3.63, 3.8) is 0 Å². The third kappa shape index (κ3) is 3.54. The van der Waals surface area contributed by atoms with E-state index < -0.39 is 17.7 Å². The van der Waals surface area contributed by atoms with Gasteiger partial charge in [0.1, 0.15) is 11.6 Å². The number of benzene rings is 1. The summed E-state index contributed by atoms with van der Waals surface area (Å²) in [5.74, 6) is -1.87. The maximum Gasteiger partial charge on any atom is 0.254 e. The molecule has 2 rings (SSSR count). The zero-order chi connectivity index (χ0) is 14.7. The fourth-order valence-corrected chi connectivity index (χ4v) is 2.75. The number of aliphatic hydroxyl groups excluding tert-OH is 1. The molecule has 0 saturated carbocycles. The molecule has 1 amide bonds. The van der Waals surface area contributed by atoms with Crippen molar-refractivity contribution in [1.82, 2.24) is 4.90 Å². The number of likely N-dealkylation sites (tertiary alicyclic amines) is 1. The summed E-state index contributed by atoms with van der Waals surface area (Å²) in [7, 11) is 0. The van der Waals surface area contributed by atoms with Gasteiger partial charge in [-0.15, -0.1) is 0 Å². The van der Waals surface area contributed by atoms with Crippen LogP contribution in [-0.4, -0.2) is 34.6 Å². The highest BCUT2D eigenvalue weighted by molar-refractivity contribution is 5.94. The third-order valence-corrected chi connectivity index (χ3v) is 3.61. The number of nitrogens with zero attached hydrogens (tertiary/aromatic N) is 1. The Hall–Kier alpha value is -1.49. The zero-order valence-corrected chi connectivity index (χ0v) is 11.5. The molecule has 2 atom stereocenters. The van der Waals surface area contributed by atoms with E-state index in [0.717, 1.165) is 37.5 Å². The Balaban J connectivity index is 2.20. The van der Waals surface area contributed by atoms with Gasteiger partial charge in [0, 0.05) is 24.2 Å². The fourth-order valence-electron chi connectivity index (χ4n) is 2.75. The Bertz CT molecular complexity index is 471. The molecular formula is C15H19F2NO2. The third-order valence-electron chi connectivity index (χ3n) is 3.61. The molecule has 0 aromatic heterocycles. The summed E-state index contributed by atoms with van der Waals surface area (Å²) in [4.78, 5) is 14.0. The van der Waals surface area contributed by atoms with Crippen molar-refractivity contribution >= 4 is 5.91 Å². The molecule has 0 spiro atoms. The molecule has 1 saturated heterocycles. The molecule has 1 N–H and O–H groups in total. The number of hydrogen-bond acceptors (Lipinski definition) is 2. The van der Waals surface area contributed by atoms with Crippen LogP contribution in [0.4, 0.5) is 8.78 Å². The molecule has 1 aliphatic heterocycles. The van der Waals surface area contributed by atoms with Crippen molar-refractivity contribution in [3.8, 4) is 0 Å². The Labute approximate surface area is 117 Å². The van der Waals surface area contributed by atoms with Crippen LogP contribution < -0.4 is 0 Å². The molecule has 0 bridgehead atoms. The molecule has 20 heavy (non-hydrogen) atoms. The lowest BCUT2D eigenvalue weighted by Crippen LogP contribution is -2.45. The van der Waals surface area contributed by atoms with Crippen molar-refractivity contribution in [2.45, 2.75) is 44.8 Å². The first-order chi connectivity index (χ1) is 9.47. The average molecular weight is 283 g/mol. The van der Waals surface area contributed by atoms with Gasteiger partial charge in [0.05, 0.1) is 6.10 Å². The van der Waals surface area contributed by atoms with E-state index in [-0.39, 0.29) is 17.5 Å². The largest absolute Gasteiger partial charge is 0.393 e. The minimum Gasteiger partial charge on any atom is -0.393 e. The SMILES string of the molecule is CC(O)CC1CCCCN1C(=O)c1cc(F)cc(F)c1. The van der Waals surface area contributed by atoms with Gasteiger partial charge in [0.2, 0.25) is 0 Å². The van der Waals surface area contributed by atoms with Crippen LogP contribution in [0, 0.1) is 11.6 Å². The highest BCUT2D eigenvalue weighted by Crippen LogP contribution is 2.23. The second-order valence-corrected chi connectivity index (χ2v) is 5.39. The predicted octanol–water partition coefficient (Wildman–Crippen LogP) is 2.73. The summed E-state index contributed by atoms with van der Waals surface area (Å²) in [5.41, 5.74) is 0.0278. The maximum atomic E-state index is 13.2. The van der Waals surface area contributed by atoms with E-state index in [1.54, 1.807) is 11.8 Å². The number of aliphatic hydroxyl groups is 1. The second kappa shape index (κ2) is 6.31. The molecular weight excluding hydrogens is 264 g/mol. The summed E-state index contributed by atoms with van der Waals surface area (Å²) in [5, 5.41) is 9.51. The van der Waals surface area contributed by atoms with Crippen LogP contribution in [0.1, 0.15) is 43.0 Å². The first-order valence-corrected chi connectivity index (χ1v) is 6.92. The number of amides is 1. The van der Waals surface area contributed by atoms with Gasteiger partial charge in [-0.1, -0.05) is 0 Å². The Morgan fingerprint density at radius 3 is 2.60 bits per heavy atom. The summed E-state index contributed by atoms with van der Waals surface area (Å²) in [6, 6.07) is 2.79. The Morgan fingerprint density at radius 1 is 1.35 bits per heavy atom. The van der Waals surface area contributed by atoms with E-state index in [1.807, 2.05) is 0 Å². The molecule has 3 nitrogen and oxygen atoms in total. The van der Waals surface area contributed by atoms with Crippen LogP contribution in [0.15, 0.2) is 18.2 Å². The van der Waals surface area contributed by atoms with E-state index in [4.69, 9.17) is 0 Å². The molecule has 110 valence electrons. The monoisotopic (exact) mass is 283 g/mol. The lowest BCUT2D eigenvalue weighted by Gasteiger charge is -2.36. The molecule has 1 aliphatic rings. The van der Waals surface area contributed by atoms with Crippen molar-refractivity contribution in [2.24, 2.45) is 0 Å². The minimum atomic E-state index is -0.752. The predicted molar refractivity (Wildman–Crippen MR) is 71.3 cm³/mol. The van der Waals surface area contributed by atoms with Crippen molar-refractivity contribution < 1.29 is 18.7 Å². The number of rotatable bonds is 3. The molecule has 0 aliphatic carbocycles. The van der Waals surface area contributed by atoms with Crippen LogP contribution in [0.5, 0.6) is 0 Å². The molecule has 1 heterocycles. The Kier molecular flexibility index (Phi) is 4.70. The molecule has 1 aromatic carbocycles. The molecule has 2 unspecified atom stereocenters. The standard InChI is InChI=1S/C15H19F2NO2/c1-10(19)6-14-4-2-3-5-18(14)15(20)11-7-12(16)9-13(17)8-11/h7-10,14,19H,2-6H2,1H3. The fraction of sp³-hybridized carbons (Fsp3) is 0.533. The van der Waals surface area contributed by atoms with Crippen molar-refractivity contribution in [1.29, 1.82) is 0 Å². The first-order valence-electron chi connectivity index (χ1n) is 6.92. The second-order valence-electron chi connectivity index (χ2n) is 5.39. The van der Waals surface area contributed by atoms with E-state index in [2.05, 4.69) is 0 Å². The van der Waals surface area contributed by atoms with Crippen LogP contribution >= 0.6 is 0 Å². The van der Waals surface area contributed by atoms with Gasteiger partial charge >= 0.3 is 0 Å². The Morgan fingerprint density at radius 2 is 2.00 bits per heavy atom. The smallest absolute Gasteiger partial charge is 0.254 e. The molecule has 5 heteroatoms. The van der Waals surface area contributed by atoms with Crippen LogP contribution in [-0.2, 0) is 0 Å². The highest BCUT2D eigenvalue weighted by Gasteiger charge is 2.28. The summed E-state index contributed by atoms with van der Waals surface area (Å²) in [6.07, 6.45) is 2.67. The van der Waals surface area contributed by atoms with Gasteiger partial charge in [-0.2, -0.15) is 0 Å². The van der Waals surface area contributed by atoms with E-state index in [9.17, 15) is 18.7 Å². The van der Waals surface area contributed by atoms with Gasteiger partial charge in [-0.25, -0.2) is 8.78 Å². The van der Waals surface area contributed by atoms with Gasteiger partial charge in [0.25, 0.3) is 5.91 Å². The number of piperidine rings is 1. The van der Waals surface area contributed by atoms with Gasteiger partial charge < -0.3 is 10.0 Å². The average Bonchev–Trinajstić information content (AvgIpc) is 2.36.